The van der Waals surface area contributed by atoms with Gasteiger partial charge in [-0.2, -0.15) is 0 Å². The number of aliphatic hydroxyl groups excluding tert-OH is 2. The number of ether oxygens (including phenoxy) is 3. The van der Waals surface area contributed by atoms with Crippen LogP contribution in [0.5, 0.6) is 0 Å². The van der Waals surface area contributed by atoms with Gasteiger partial charge in [0, 0.05) is 7.11 Å². The van der Waals surface area contributed by atoms with Crippen LogP contribution in [0, 0.1) is 0 Å². The van der Waals surface area contributed by atoms with Crippen LogP contribution in [-0.2, 0) is 20.8 Å². The predicted octanol–water partition coefficient (Wildman–Crippen LogP) is 0.685. The Morgan fingerprint density at radius 1 is 1.16 bits per heavy atom. The second kappa shape index (κ2) is 6.45. The van der Waals surface area contributed by atoms with Gasteiger partial charge in [0.2, 0.25) is 0 Å². The summed E-state index contributed by atoms with van der Waals surface area (Å²) in [5.74, 6) is 0. The minimum absolute atomic E-state index is 0.355. The summed E-state index contributed by atoms with van der Waals surface area (Å²) in [6, 6.07) is 9.73. The maximum atomic E-state index is 9.84. The van der Waals surface area contributed by atoms with Crippen molar-refractivity contribution >= 4 is 0 Å². The molecule has 1 heterocycles. The smallest absolute Gasteiger partial charge is 0.183 e. The summed E-state index contributed by atoms with van der Waals surface area (Å²) >= 11 is 0. The molecule has 0 unspecified atom stereocenters. The van der Waals surface area contributed by atoms with E-state index in [2.05, 4.69) is 0 Å². The van der Waals surface area contributed by atoms with E-state index < -0.39 is 24.6 Å². The quantitative estimate of drug-likeness (QED) is 0.840. The minimum atomic E-state index is -1.24. The van der Waals surface area contributed by atoms with E-state index in [-0.39, 0.29) is 6.10 Å². The van der Waals surface area contributed by atoms with Crippen molar-refractivity contribution in [2.75, 3.05) is 7.11 Å². The largest absolute Gasteiger partial charge is 0.385 e. The first kappa shape index (κ1) is 14.4. The van der Waals surface area contributed by atoms with Gasteiger partial charge in [0.05, 0.1) is 12.7 Å². The standard InChI is InChI=1S/C14H20O5/c1-9-12(13(17-2)11(15)14(16)19-9)18-8-10-6-4-3-5-7-10/h3-7,9,11-16H,8H2,1-2H3/t9-,11+,12-,13-,14+/m1/s1. The number of aliphatic hydroxyl groups is 2. The lowest BCUT2D eigenvalue weighted by Crippen LogP contribution is -2.58. The zero-order valence-corrected chi connectivity index (χ0v) is 11.1. The van der Waals surface area contributed by atoms with Gasteiger partial charge in [-0.05, 0) is 12.5 Å². The maximum absolute atomic E-state index is 9.84. The van der Waals surface area contributed by atoms with Crippen molar-refractivity contribution < 1.29 is 24.4 Å². The predicted molar refractivity (Wildman–Crippen MR) is 68.4 cm³/mol. The van der Waals surface area contributed by atoms with Gasteiger partial charge in [-0.25, -0.2) is 0 Å². The third-order valence-corrected chi connectivity index (χ3v) is 3.33. The van der Waals surface area contributed by atoms with Gasteiger partial charge >= 0.3 is 0 Å². The van der Waals surface area contributed by atoms with Crippen LogP contribution in [0.1, 0.15) is 12.5 Å². The summed E-state index contributed by atoms with van der Waals surface area (Å²) in [6.07, 6.45) is -3.74. The Kier molecular flexibility index (Phi) is 4.90. The molecule has 0 spiro atoms. The first-order valence-corrected chi connectivity index (χ1v) is 6.33. The highest BCUT2D eigenvalue weighted by molar-refractivity contribution is 5.13. The summed E-state index contributed by atoms with van der Waals surface area (Å²) in [6.45, 7) is 2.19. The summed E-state index contributed by atoms with van der Waals surface area (Å²) < 4.78 is 16.2. The molecule has 5 atom stereocenters. The van der Waals surface area contributed by atoms with Crippen molar-refractivity contribution in [2.24, 2.45) is 0 Å². The van der Waals surface area contributed by atoms with Crippen LogP contribution in [0.25, 0.3) is 0 Å². The van der Waals surface area contributed by atoms with Crippen molar-refractivity contribution in [2.45, 2.75) is 44.2 Å². The van der Waals surface area contributed by atoms with Crippen LogP contribution >= 0.6 is 0 Å². The molecule has 19 heavy (non-hydrogen) atoms. The van der Waals surface area contributed by atoms with Gasteiger partial charge in [-0.1, -0.05) is 30.3 Å². The van der Waals surface area contributed by atoms with Gasteiger partial charge in [0.15, 0.2) is 6.29 Å². The molecule has 1 aromatic rings. The zero-order valence-electron chi connectivity index (χ0n) is 11.1. The molecule has 1 fully saturated rings. The van der Waals surface area contributed by atoms with E-state index in [1.54, 1.807) is 6.92 Å². The fourth-order valence-electron chi connectivity index (χ4n) is 2.27. The van der Waals surface area contributed by atoms with E-state index in [1.807, 2.05) is 30.3 Å². The SMILES string of the molecule is CO[C@@H]1[C@H](O)[C@@H](O)O[C@H](C)[C@H]1OCc1ccccc1. The first-order valence-electron chi connectivity index (χ1n) is 6.33. The van der Waals surface area contributed by atoms with Crippen molar-refractivity contribution in [1.29, 1.82) is 0 Å². The minimum Gasteiger partial charge on any atom is -0.385 e. The van der Waals surface area contributed by atoms with E-state index in [1.165, 1.54) is 7.11 Å². The van der Waals surface area contributed by atoms with Crippen molar-refractivity contribution in [3.8, 4) is 0 Å². The van der Waals surface area contributed by atoms with Crippen molar-refractivity contribution in [3.63, 3.8) is 0 Å². The maximum Gasteiger partial charge on any atom is 0.183 e. The van der Waals surface area contributed by atoms with Gasteiger partial charge in [-0.3, -0.25) is 0 Å². The van der Waals surface area contributed by atoms with Crippen LogP contribution in [0.3, 0.4) is 0 Å². The molecule has 0 radical (unpaired) electrons. The second-order valence-electron chi connectivity index (χ2n) is 4.68. The zero-order chi connectivity index (χ0) is 13.8. The fourth-order valence-corrected chi connectivity index (χ4v) is 2.27. The molecule has 2 rings (SSSR count). The lowest BCUT2D eigenvalue weighted by Gasteiger charge is -2.41. The number of hydrogen-bond donors (Lipinski definition) is 2. The molecule has 1 aliphatic rings. The van der Waals surface area contributed by atoms with Gasteiger partial charge in [0.1, 0.15) is 18.3 Å². The van der Waals surface area contributed by atoms with E-state index in [9.17, 15) is 10.2 Å². The van der Waals surface area contributed by atoms with Gasteiger partial charge < -0.3 is 24.4 Å². The summed E-state index contributed by atoms with van der Waals surface area (Å²) in [4.78, 5) is 0. The number of hydrogen-bond acceptors (Lipinski definition) is 5. The Morgan fingerprint density at radius 2 is 1.84 bits per heavy atom. The molecular weight excluding hydrogens is 248 g/mol. The van der Waals surface area contributed by atoms with E-state index in [4.69, 9.17) is 14.2 Å². The first-order chi connectivity index (χ1) is 9.13. The molecule has 1 saturated heterocycles. The van der Waals surface area contributed by atoms with Crippen LogP contribution < -0.4 is 0 Å². The number of rotatable bonds is 4. The summed E-state index contributed by atoms with van der Waals surface area (Å²) in [7, 11) is 1.48. The average Bonchev–Trinajstić information content (AvgIpc) is 2.42. The third-order valence-electron chi connectivity index (χ3n) is 3.33. The fraction of sp³-hybridized carbons (Fsp3) is 0.571. The molecule has 5 nitrogen and oxygen atoms in total. The lowest BCUT2D eigenvalue weighted by molar-refractivity contribution is -0.291. The molecule has 0 amide bonds. The van der Waals surface area contributed by atoms with E-state index >= 15 is 0 Å². The summed E-state index contributed by atoms with van der Waals surface area (Å²) in [5.41, 5.74) is 1.03. The van der Waals surface area contributed by atoms with Gasteiger partial charge in [-0.15, -0.1) is 0 Å². The Hall–Kier alpha value is -0.980. The number of methoxy groups -OCH3 is 1. The molecule has 0 saturated carbocycles. The average molecular weight is 268 g/mol. The number of benzene rings is 1. The Morgan fingerprint density at radius 3 is 2.47 bits per heavy atom. The van der Waals surface area contributed by atoms with Gasteiger partial charge in [0.25, 0.3) is 0 Å². The molecule has 5 heteroatoms. The van der Waals surface area contributed by atoms with Crippen molar-refractivity contribution in [3.05, 3.63) is 35.9 Å². The topological polar surface area (TPSA) is 68.2 Å². The highest BCUT2D eigenvalue weighted by atomic mass is 16.7. The molecule has 106 valence electrons. The Balaban J connectivity index is 2.00. The molecule has 0 aromatic heterocycles. The van der Waals surface area contributed by atoms with E-state index in [0.717, 1.165) is 5.56 Å². The molecule has 2 N–H and O–H groups in total. The molecule has 1 aromatic carbocycles. The third kappa shape index (κ3) is 3.32. The Labute approximate surface area is 112 Å². The Bertz CT molecular complexity index is 383. The lowest BCUT2D eigenvalue weighted by atomic mass is 9.99. The highest BCUT2D eigenvalue weighted by Crippen LogP contribution is 2.25. The van der Waals surface area contributed by atoms with Crippen LogP contribution in [0.2, 0.25) is 0 Å². The molecular formula is C14H20O5. The van der Waals surface area contributed by atoms with Crippen LogP contribution in [0.4, 0.5) is 0 Å². The van der Waals surface area contributed by atoms with E-state index in [0.29, 0.717) is 6.61 Å². The normalized spacial score (nSPS) is 35.3. The molecule has 1 aliphatic heterocycles. The van der Waals surface area contributed by atoms with Crippen LogP contribution in [-0.4, -0.2) is 48.0 Å². The second-order valence-corrected chi connectivity index (χ2v) is 4.68. The highest BCUT2D eigenvalue weighted by Gasteiger charge is 2.43. The van der Waals surface area contributed by atoms with Crippen molar-refractivity contribution in [1.82, 2.24) is 0 Å². The molecule has 0 aliphatic carbocycles. The monoisotopic (exact) mass is 268 g/mol. The van der Waals surface area contributed by atoms with Crippen LogP contribution in [0.15, 0.2) is 30.3 Å². The molecule has 0 bridgehead atoms. The summed E-state index contributed by atoms with van der Waals surface area (Å²) in [5, 5.41) is 19.4.